The quantitative estimate of drug-likeness (QED) is 0.347. The van der Waals surface area contributed by atoms with Crippen molar-refractivity contribution in [2.45, 2.75) is 11.2 Å². The lowest BCUT2D eigenvalue weighted by Crippen LogP contribution is -2.32. The van der Waals surface area contributed by atoms with Crippen molar-refractivity contribution in [2.75, 3.05) is 4.90 Å². The molecule has 1 aliphatic rings. The van der Waals surface area contributed by atoms with Crippen LogP contribution in [0.3, 0.4) is 0 Å². The Morgan fingerprint density at radius 3 is 1.53 bits per heavy atom. The maximum Gasteiger partial charge on any atom is 0.257 e. The Morgan fingerprint density at radius 2 is 1.03 bits per heavy atom. The van der Waals surface area contributed by atoms with Crippen LogP contribution >= 0.6 is 11.8 Å². The predicted molar refractivity (Wildman–Crippen MR) is 133 cm³/mol. The first-order chi connectivity index (χ1) is 15.8. The summed E-state index contributed by atoms with van der Waals surface area (Å²) in [6.07, 6.45) is 0. The van der Waals surface area contributed by atoms with Gasteiger partial charge in [-0.2, -0.15) is 4.99 Å². The van der Waals surface area contributed by atoms with Gasteiger partial charge in [-0.15, -0.1) is 0 Å². The van der Waals surface area contributed by atoms with Crippen LogP contribution in [0, 0.1) is 0 Å². The first kappa shape index (κ1) is 20.3. The van der Waals surface area contributed by atoms with Gasteiger partial charge in [0.2, 0.25) is 0 Å². The molecule has 0 unspecified atom stereocenters. The van der Waals surface area contributed by atoms with Crippen molar-refractivity contribution in [1.29, 1.82) is 0 Å². The van der Waals surface area contributed by atoms with Gasteiger partial charge in [0.05, 0.1) is 11.2 Å². The van der Waals surface area contributed by atoms with Crippen LogP contribution in [-0.4, -0.2) is 11.1 Å². The van der Waals surface area contributed by atoms with Crippen LogP contribution in [0.4, 0.5) is 11.4 Å². The fourth-order valence-electron chi connectivity index (χ4n) is 4.01. The molecule has 0 fully saturated rings. The number of nitrogens with zero attached hydrogens (tertiary/aromatic N) is 2. The van der Waals surface area contributed by atoms with Crippen molar-refractivity contribution in [1.82, 2.24) is 0 Å². The van der Waals surface area contributed by atoms with E-state index in [1.165, 1.54) is 0 Å². The van der Waals surface area contributed by atoms with E-state index in [4.69, 9.17) is 0 Å². The molecule has 2 atom stereocenters. The zero-order chi connectivity index (χ0) is 21.8. The first-order valence-corrected chi connectivity index (χ1v) is 11.5. The van der Waals surface area contributed by atoms with Crippen LogP contribution in [0.25, 0.3) is 0 Å². The predicted octanol–water partition coefficient (Wildman–Crippen LogP) is 6.98. The summed E-state index contributed by atoms with van der Waals surface area (Å²) < 4.78 is 0. The number of hydrogen-bond acceptors (Lipinski definition) is 3. The molecule has 0 aliphatic carbocycles. The van der Waals surface area contributed by atoms with Gasteiger partial charge in [0.15, 0.2) is 5.17 Å². The van der Waals surface area contributed by atoms with Crippen molar-refractivity contribution in [3.8, 4) is 0 Å². The summed E-state index contributed by atoms with van der Waals surface area (Å²) in [6, 6.07) is 40.4. The lowest BCUT2D eigenvalue weighted by molar-refractivity contribution is -0.119. The average Bonchev–Trinajstić information content (AvgIpc) is 2.86. The highest BCUT2D eigenvalue weighted by Gasteiger charge is 2.38. The number of carbonyl (C=O) groups is 1. The van der Waals surface area contributed by atoms with E-state index in [0.717, 1.165) is 22.5 Å². The van der Waals surface area contributed by atoms with Crippen molar-refractivity contribution >= 4 is 34.2 Å². The van der Waals surface area contributed by atoms with E-state index in [1.54, 1.807) is 11.8 Å². The number of hydrogen-bond donors (Lipinski definition) is 0. The Kier molecular flexibility index (Phi) is 5.86. The molecule has 0 saturated carbocycles. The number of aliphatic imine (C=N–C) groups is 1. The molecule has 1 amide bonds. The number of benzene rings is 4. The zero-order valence-electron chi connectivity index (χ0n) is 17.4. The lowest BCUT2D eigenvalue weighted by atomic mass is 9.90. The van der Waals surface area contributed by atoms with Crippen LogP contribution in [0.15, 0.2) is 126 Å². The van der Waals surface area contributed by atoms with E-state index in [2.05, 4.69) is 22.0 Å². The molecule has 3 nitrogen and oxygen atoms in total. The zero-order valence-corrected chi connectivity index (χ0v) is 18.2. The third kappa shape index (κ3) is 4.10. The second kappa shape index (κ2) is 9.25. The van der Waals surface area contributed by atoms with Gasteiger partial charge in [0.25, 0.3) is 5.91 Å². The van der Waals surface area contributed by atoms with Gasteiger partial charge in [-0.3, -0.25) is 9.69 Å². The van der Waals surface area contributed by atoms with Crippen LogP contribution < -0.4 is 4.90 Å². The summed E-state index contributed by atoms with van der Waals surface area (Å²) in [5.74, 6) is -0.448. The number of rotatable bonds is 4. The summed E-state index contributed by atoms with van der Waals surface area (Å²) in [6.45, 7) is 0. The molecule has 32 heavy (non-hydrogen) atoms. The van der Waals surface area contributed by atoms with Gasteiger partial charge in [-0.25, -0.2) is 0 Å². The molecule has 0 N–H and O–H groups in total. The van der Waals surface area contributed by atoms with Gasteiger partial charge >= 0.3 is 0 Å². The number of amides is 1. The highest BCUT2D eigenvalue weighted by atomic mass is 32.2. The minimum absolute atomic E-state index is 0.0754. The third-order valence-corrected chi connectivity index (χ3v) is 6.80. The van der Waals surface area contributed by atoms with Gasteiger partial charge in [-0.05, 0) is 35.4 Å². The molecular formula is C28H22N2OS. The Balaban J connectivity index is 1.63. The summed E-state index contributed by atoms with van der Waals surface area (Å²) in [7, 11) is 0. The molecule has 1 heterocycles. The summed E-state index contributed by atoms with van der Waals surface area (Å²) in [5.41, 5.74) is 4.06. The Morgan fingerprint density at radius 1 is 0.594 bits per heavy atom. The Labute approximate surface area is 192 Å². The molecule has 1 aliphatic heterocycles. The summed E-state index contributed by atoms with van der Waals surface area (Å²) >= 11 is 1.64. The van der Waals surface area contributed by atoms with Crippen molar-refractivity contribution in [3.05, 3.63) is 132 Å². The van der Waals surface area contributed by atoms with Crippen LogP contribution in [0.2, 0.25) is 0 Å². The van der Waals surface area contributed by atoms with Gasteiger partial charge in [0.1, 0.15) is 0 Å². The van der Waals surface area contributed by atoms with Gasteiger partial charge in [-0.1, -0.05) is 109 Å². The molecular weight excluding hydrogens is 412 g/mol. The second-order valence-electron chi connectivity index (χ2n) is 7.58. The van der Waals surface area contributed by atoms with E-state index in [0.29, 0.717) is 5.17 Å². The van der Waals surface area contributed by atoms with Crippen molar-refractivity contribution < 1.29 is 4.79 Å². The number of para-hydroxylation sites is 2. The molecule has 4 heteroatoms. The second-order valence-corrected chi connectivity index (χ2v) is 8.69. The van der Waals surface area contributed by atoms with Gasteiger partial charge in [0, 0.05) is 11.4 Å². The third-order valence-electron chi connectivity index (χ3n) is 5.51. The SMILES string of the molecule is O=C1N=C(N(c2ccccc2)c2ccccc2)S[C@@H](c2ccccc2)[C@H]1c1ccccc1. The van der Waals surface area contributed by atoms with Crippen LogP contribution in [0.1, 0.15) is 22.3 Å². The average molecular weight is 435 g/mol. The van der Waals surface area contributed by atoms with E-state index < -0.39 is 0 Å². The molecule has 0 saturated heterocycles. The molecule has 5 rings (SSSR count). The maximum atomic E-state index is 13.5. The van der Waals surface area contributed by atoms with Crippen molar-refractivity contribution in [3.63, 3.8) is 0 Å². The molecule has 0 aromatic heterocycles. The number of thioether (sulfide) groups is 1. The van der Waals surface area contributed by atoms with Crippen LogP contribution in [-0.2, 0) is 4.79 Å². The standard InChI is InChI=1S/C28H22N2OS/c31-27-25(21-13-5-1-6-14-21)26(22-15-7-2-8-16-22)32-28(29-27)30(23-17-9-3-10-18-23)24-19-11-4-12-20-24/h1-20,25-26H/t25-,26+/m1/s1. The summed E-state index contributed by atoms with van der Waals surface area (Å²) in [4.78, 5) is 20.2. The van der Waals surface area contributed by atoms with Crippen molar-refractivity contribution in [2.24, 2.45) is 4.99 Å². The van der Waals surface area contributed by atoms with E-state index in [9.17, 15) is 4.79 Å². The summed E-state index contributed by atoms with van der Waals surface area (Å²) in [5, 5.41) is 0.613. The lowest BCUT2D eigenvalue weighted by Gasteiger charge is -2.34. The minimum Gasteiger partial charge on any atom is -0.289 e. The van der Waals surface area contributed by atoms with E-state index in [1.807, 2.05) is 109 Å². The molecule has 4 aromatic rings. The number of amidine groups is 1. The largest absolute Gasteiger partial charge is 0.289 e. The minimum atomic E-state index is -0.333. The Bertz CT molecular complexity index is 1170. The molecule has 0 spiro atoms. The first-order valence-electron chi connectivity index (χ1n) is 10.6. The number of carbonyl (C=O) groups excluding carboxylic acids is 1. The fourth-order valence-corrected chi connectivity index (χ4v) is 5.40. The molecule has 0 radical (unpaired) electrons. The fraction of sp³-hybridized carbons (Fsp3) is 0.0714. The van der Waals surface area contributed by atoms with Gasteiger partial charge < -0.3 is 0 Å². The smallest absolute Gasteiger partial charge is 0.257 e. The molecule has 4 aromatic carbocycles. The molecule has 0 bridgehead atoms. The highest BCUT2D eigenvalue weighted by molar-refractivity contribution is 8.14. The Hall–Kier alpha value is -3.63. The highest BCUT2D eigenvalue weighted by Crippen LogP contribution is 2.48. The van der Waals surface area contributed by atoms with E-state index >= 15 is 0 Å². The monoisotopic (exact) mass is 434 g/mol. The van der Waals surface area contributed by atoms with Crippen LogP contribution in [0.5, 0.6) is 0 Å². The normalized spacial score (nSPS) is 18.1. The molecule has 156 valence electrons. The maximum absolute atomic E-state index is 13.5. The topological polar surface area (TPSA) is 32.7 Å². The number of anilines is 2. The van der Waals surface area contributed by atoms with E-state index in [-0.39, 0.29) is 17.1 Å².